The smallest absolute Gasteiger partial charge is 0.258 e. The van der Waals surface area contributed by atoms with E-state index in [9.17, 15) is 13.2 Å². The van der Waals surface area contributed by atoms with Gasteiger partial charge >= 0.3 is 0 Å². The summed E-state index contributed by atoms with van der Waals surface area (Å²) in [7, 11) is -3.22. The maximum atomic E-state index is 11.7. The van der Waals surface area contributed by atoms with Crippen molar-refractivity contribution < 1.29 is 17.6 Å². The van der Waals surface area contributed by atoms with Gasteiger partial charge in [-0.25, -0.2) is 8.42 Å². The van der Waals surface area contributed by atoms with Gasteiger partial charge in [-0.15, -0.1) is 0 Å². The standard InChI is InChI=1S/C12H11NO4S/c1-18(15,16)11-4-2-10(3-5-11)13-12(14)9-6-7-17-8-9/h2-8H,1H3,(H,13,14). The minimum absolute atomic E-state index is 0.212. The van der Waals surface area contributed by atoms with Gasteiger partial charge < -0.3 is 9.73 Å². The number of hydrogen-bond acceptors (Lipinski definition) is 4. The first-order valence-electron chi connectivity index (χ1n) is 5.10. The molecule has 6 heteroatoms. The molecular formula is C12H11NO4S. The van der Waals surface area contributed by atoms with E-state index in [1.807, 2.05) is 0 Å². The van der Waals surface area contributed by atoms with E-state index in [-0.39, 0.29) is 10.8 Å². The number of hydrogen-bond donors (Lipinski definition) is 1. The SMILES string of the molecule is CS(=O)(=O)c1ccc(NC(=O)c2ccoc2)cc1. The molecule has 0 aliphatic rings. The van der Waals surface area contributed by atoms with Gasteiger partial charge in [0.05, 0.1) is 16.7 Å². The van der Waals surface area contributed by atoms with E-state index in [0.29, 0.717) is 11.3 Å². The topological polar surface area (TPSA) is 76.4 Å². The molecule has 1 aromatic heterocycles. The van der Waals surface area contributed by atoms with Crippen LogP contribution in [0.5, 0.6) is 0 Å². The maximum Gasteiger partial charge on any atom is 0.258 e. The number of anilines is 1. The number of rotatable bonds is 3. The second-order valence-electron chi connectivity index (χ2n) is 3.76. The first-order chi connectivity index (χ1) is 8.47. The van der Waals surface area contributed by atoms with Gasteiger partial charge in [0, 0.05) is 11.9 Å². The van der Waals surface area contributed by atoms with Crippen LogP contribution in [0.4, 0.5) is 5.69 Å². The first kappa shape index (κ1) is 12.4. The van der Waals surface area contributed by atoms with E-state index in [1.54, 1.807) is 6.07 Å². The molecule has 1 heterocycles. The van der Waals surface area contributed by atoms with Gasteiger partial charge in [0.15, 0.2) is 9.84 Å². The third kappa shape index (κ3) is 2.78. The van der Waals surface area contributed by atoms with Gasteiger partial charge in [0.1, 0.15) is 6.26 Å². The Hall–Kier alpha value is -2.08. The predicted octanol–water partition coefficient (Wildman–Crippen LogP) is 1.94. The molecule has 1 amide bonds. The van der Waals surface area contributed by atoms with Crippen molar-refractivity contribution in [1.29, 1.82) is 0 Å². The highest BCUT2D eigenvalue weighted by atomic mass is 32.2. The summed E-state index contributed by atoms with van der Waals surface area (Å²) in [6.07, 6.45) is 3.87. The van der Waals surface area contributed by atoms with Crippen LogP contribution in [0.1, 0.15) is 10.4 Å². The van der Waals surface area contributed by atoms with Crippen LogP contribution in [0.3, 0.4) is 0 Å². The summed E-state index contributed by atoms with van der Waals surface area (Å²) in [5.41, 5.74) is 0.927. The monoisotopic (exact) mass is 265 g/mol. The number of carbonyl (C=O) groups excluding carboxylic acids is 1. The number of amides is 1. The van der Waals surface area contributed by atoms with E-state index in [1.165, 1.54) is 36.8 Å². The van der Waals surface area contributed by atoms with Gasteiger partial charge in [-0.3, -0.25) is 4.79 Å². The lowest BCUT2D eigenvalue weighted by Gasteiger charge is -2.04. The quantitative estimate of drug-likeness (QED) is 0.920. The van der Waals surface area contributed by atoms with Crippen molar-refractivity contribution in [2.24, 2.45) is 0 Å². The van der Waals surface area contributed by atoms with Crippen molar-refractivity contribution in [3.05, 3.63) is 48.4 Å². The van der Waals surface area contributed by atoms with E-state index < -0.39 is 9.84 Å². The Balaban J connectivity index is 2.14. The largest absolute Gasteiger partial charge is 0.472 e. The molecule has 0 bridgehead atoms. The molecule has 0 saturated heterocycles. The highest BCUT2D eigenvalue weighted by Gasteiger charge is 2.09. The third-order valence-electron chi connectivity index (χ3n) is 2.32. The second-order valence-corrected chi connectivity index (χ2v) is 5.78. The number of sulfone groups is 1. The highest BCUT2D eigenvalue weighted by molar-refractivity contribution is 7.90. The molecule has 5 nitrogen and oxygen atoms in total. The molecule has 0 aliphatic carbocycles. The zero-order valence-electron chi connectivity index (χ0n) is 9.58. The minimum Gasteiger partial charge on any atom is -0.472 e. The van der Waals surface area contributed by atoms with Gasteiger partial charge in [-0.2, -0.15) is 0 Å². The molecule has 2 aromatic rings. The summed E-state index contributed by atoms with van der Waals surface area (Å²) in [6.45, 7) is 0. The van der Waals surface area contributed by atoms with Crippen molar-refractivity contribution in [2.75, 3.05) is 11.6 Å². The van der Waals surface area contributed by atoms with Crippen molar-refractivity contribution >= 4 is 21.4 Å². The highest BCUT2D eigenvalue weighted by Crippen LogP contribution is 2.14. The average Bonchev–Trinajstić information content (AvgIpc) is 2.82. The van der Waals surface area contributed by atoms with Crippen LogP contribution in [-0.4, -0.2) is 20.6 Å². The van der Waals surface area contributed by atoms with Crippen LogP contribution >= 0.6 is 0 Å². The van der Waals surface area contributed by atoms with E-state index in [0.717, 1.165) is 6.26 Å². The van der Waals surface area contributed by atoms with Crippen LogP contribution < -0.4 is 5.32 Å². The van der Waals surface area contributed by atoms with Gasteiger partial charge in [0.2, 0.25) is 0 Å². The van der Waals surface area contributed by atoms with Crippen LogP contribution in [0.15, 0.2) is 52.2 Å². The van der Waals surface area contributed by atoms with E-state index >= 15 is 0 Å². The van der Waals surface area contributed by atoms with Crippen molar-refractivity contribution in [3.8, 4) is 0 Å². The minimum atomic E-state index is -3.22. The first-order valence-corrected chi connectivity index (χ1v) is 6.99. The fraction of sp³-hybridized carbons (Fsp3) is 0.0833. The van der Waals surface area contributed by atoms with E-state index in [2.05, 4.69) is 5.32 Å². The van der Waals surface area contributed by atoms with Crippen molar-refractivity contribution in [1.82, 2.24) is 0 Å². The molecule has 0 spiro atoms. The molecule has 0 aliphatic heterocycles. The molecule has 1 aromatic carbocycles. The maximum absolute atomic E-state index is 11.7. The Morgan fingerprint density at radius 3 is 2.33 bits per heavy atom. The average molecular weight is 265 g/mol. The molecule has 0 unspecified atom stereocenters. The second kappa shape index (κ2) is 4.66. The lowest BCUT2D eigenvalue weighted by Crippen LogP contribution is -2.10. The Labute approximate surface area is 104 Å². The summed E-state index contributed by atoms with van der Waals surface area (Å²) in [4.78, 5) is 11.9. The molecule has 18 heavy (non-hydrogen) atoms. The Morgan fingerprint density at radius 2 is 1.83 bits per heavy atom. The Kier molecular flexibility index (Phi) is 3.20. The number of carbonyl (C=O) groups is 1. The molecule has 0 radical (unpaired) electrons. The summed E-state index contributed by atoms with van der Waals surface area (Å²) in [5.74, 6) is -0.309. The van der Waals surface area contributed by atoms with Crippen molar-refractivity contribution in [3.63, 3.8) is 0 Å². The van der Waals surface area contributed by atoms with E-state index in [4.69, 9.17) is 4.42 Å². The van der Waals surface area contributed by atoms with Gasteiger partial charge in [-0.1, -0.05) is 0 Å². The molecule has 1 N–H and O–H groups in total. The van der Waals surface area contributed by atoms with Gasteiger partial charge in [0.25, 0.3) is 5.91 Å². The molecule has 94 valence electrons. The molecule has 0 saturated carbocycles. The number of furan rings is 1. The Morgan fingerprint density at radius 1 is 1.17 bits per heavy atom. The molecule has 0 atom stereocenters. The van der Waals surface area contributed by atoms with Crippen LogP contribution in [0.2, 0.25) is 0 Å². The molecule has 2 rings (SSSR count). The summed E-state index contributed by atoms with van der Waals surface area (Å²) in [6, 6.07) is 7.50. The fourth-order valence-electron chi connectivity index (χ4n) is 1.38. The van der Waals surface area contributed by atoms with Gasteiger partial charge in [-0.05, 0) is 30.3 Å². The van der Waals surface area contributed by atoms with Crippen LogP contribution in [0, 0.1) is 0 Å². The molecule has 0 fully saturated rings. The van der Waals surface area contributed by atoms with Crippen LogP contribution in [0.25, 0.3) is 0 Å². The lowest BCUT2D eigenvalue weighted by molar-refractivity contribution is 0.102. The number of nitrogens with one attached hydrogen (secondary N) is 1. The summed E-state index contributed by atoms with van der Waals surface area (Å²) >= 11 is 0. The fourth-order valence-corrected chi connectivity index (χ4v) is 2.01. The zero-order chi connectivity index (χ0) is 13.2. The summed E-state index contributed by atoms with van der Waals surface area (Å²) < 4.78 is 27.3. The normalized spacial score (nSPS) is 11.2. The third-order valence-corrected chi connectivity index (χ3v) is 3.45. The lowest BCUT2D eigenvalue weighted by atomic mass is 10.3. The molecular weight excluding hydrogens is 254 g/mol. The summed E-state index contributed by atoms with van der Waals surface area (Å²) in [5, 5.41) is 2.63. The van der Waals surface area contributed by atoms with Crippen LogP contribution in [-0.2, 0) is 9.84 Å². The predicted molar refractivity (Wildman–Crippen MR) is 66.2 cm³/mol. The Bertz CT molecular complexity index is 642. The zero-order valence-corrected chi connectivity index (χ0v) is 10.4. The number of benzene rings is 1. The van der Waals surface area contributed by atoms with Crippen molar-refractivity contribution in [2.45, 2.75) is 4.90 Å².